The van der Waals surface area contributed by atoms with E-state index in [1.165, 1.54) is 24.1 Å². The number of hydrogen-bond donors (Lipinski definition) is 1. The summed E-state index contributed by atoms with van der Waals surface area (Å²) in [7, 11) is 0. The summed E-state index contributed by atoms with van der Waals surface area (Å²) in [6.45, 7) is 7.41. The van der Waals surface area contributed by atoms with Gasteiger partial charge in [0, 0.05) is 18.8 Å². The molecule has 0 unspecified atom stereocenters. The summed E-state index contributed by atoms with van der Waals surface area (Å²) in [5, 5.41) is 0. The molecule has 90 valence electrons. The van der Waals surface area contributed by atoms with Crippen LogP contribution in [0.15, 0.2) is 24.3 Å². The first-order valence-corrected chi connectivity index (χ1v) is 6.35. The van der Waals surface area contributed by atoms with Gasteiger partial charge in [-0.25, -0.2) is 0 Å². The van der Waals surface area contributed by atoms with Crippen LogP contribution in [0.4, 0.5) is 5.69 Å². The minimum atomic E-state index is 0.729. The fourth-order valence-electron chi connectivity index (χ4n) is 1.86. The molecular formula is C14H24N2. The zero-order valence-corrected chi connectivity index (χ0v) is 10.6. The Bertz CT molecular complexity index is 279. The SMILES string of the molecule is CCCCN(CC)c1ccc(CCN)cc1. The van der Waals surface area contributed by atoms with Crippen LogP contribution in [-0.2, 0) is 6.42 Å². The number of nitrogens with zero attached hydrogens (tertiary/aromatic N) is 1. The van der Waals surface area contributed by atoms with Crippen molar-refractivity contribution in [3.05, 3.63) is 29.8 Å². The van der Waals surface area contributed by atoms with Crippen LogP contribution in [-0.4, -0.2) is 19.6 Å². The number of rotatable bonds is 7. The van der Waals surface area contributed by atoms with Gasteiger partial charge in [-0.2, -0.15) is 0 Å². The molecule has 0 heterocycles. The monoisotopic (exact) mass is 220 g/mol. The van der Waals surface area contributed by atoms with E-state index in [0.717, 1.165) is 26.1 Å². The van der Waals surface area contributed by atoms with Crippen molar-refractivity contribution in [3.63, 3.8) is 0 Å². The van der Waals surface area contributed by atoms with Gasteiger partial charge in [0.25, 0.3) is 0 Å². The zero-order chi connectivity index (χ0) is 11.8. The number of nitrogens with two attached hydrogens (primary N) is 1. The van der Waals surface area contributed by atoms with Gasteiger partial charge in [-0.1, -0.05) is 25.5 Å². The molecule has 1 aromatic carbocycles. The van der Waals surface area contributed by atoms with Crippen LogP contribution in [0.2, 0.25) is 0 Å². The first kappa shape index (κ1) is 13.0. The summed E-state index contributed by atoms with van der Waals surface area (Å²) in [4.78, 5) is 2.43. The van der Waals surface area contributed by atoms with Gasteiger partial charge in [0.15, 0.2) is 0 Å². The van der Waals surface area contributed by atoms with Crippen molar-refractivity contribution < 1.29 is 0 Å². The van der Waals surface area contributed by atoms with Gasteiger partial charge in [-0.3, -0.25) is 0 Å². The van der Waals surface area contributed by atoms with E-state index in [4.69, 9.17) is 5.73 Å². The van der Waals surface area contributed by atoms with E-state index >= 15 is 0 Å². The van der Waals surface area contributed by atoms with E-state index in [2.05, 4.69) is 43.0 Å². The molecule has 2 nitrogen and oxygen atoms in total. The van der Waals surface area contributed by atoms with Gasteiger partial charge in [0.2, 0.25) is 0 Å². The molecule has 0 spiro atoms. The molecule has 1 aromatic rings. The summed E-state index contributed by atoms with van der Waals surface area (Å²) in [6, 6.07) is 8.81. The van der Waals surface area contributed by atoms with Crippen molar-refractivity contribution in [2.45, 2.75) is 33.1 Å². The Kier molecular flexibility index (Phi) is 5.94. The van der Waals surface area contributed by atoms with Gasteiger partial charge in [-0.05, 0) is 44.0 Å². The summed E-state index contributed by atoms with van der Waals surface area (Å²) in [5.41, 5.74) is 8.20. The average Bonchev–Trinajstić information content (AvgIpc) is 2.32. The van der Waals surface area contributed by atoms with Crippen LogP contribution < -0.4 is 10.6 Å². The molecular weight excluding hydrogens is 196 g/mol. The van der Waals surface area contributed by atoms with E-state index < -0.39 is 0 Å². The molecule has 0 aliphatic carbocycles. The van der Waals surface area contributed by atoms with Crippen molar-refractivity contribution in [3.8, 4) is 0 Å². The van der Waals surface area contributed by atoms with Gasteiger partial charge < -0.3 is 10.6 Å². The Hall–Kier alpha value is -1.02. The van der Waals surface area contributed by atoms with Crippen LogP contribution in [0.1, 0.15) is 32.3 Å². The molecule has 0 atom stereocenters. The summed E-state index contributed by atoms with van der Waals surface area (Å²) in [5.74, 6) is 0. The van der Waals surface area contributed by atoms with Crippen LogP contribution in [0.5, 0.6) is 0 Å². The number of anilines is 1. The molecule has 0 fully saturated rings. The topological polar surface area (TPSA) is 29.3 Å². The number of benzene rings is 1. The first-order chi connectivity index (χ1) is 7.81. The van der Waals surface area contributed by atoms with E-state index in [-0.39, 0.29) is 0 Å². The second-order valence-corrected chi connectivity index (χ2v) is 4.14. The lowest BCUT2D eigenvalue weighted by Gasteiger charge is -2.23. The number of hydrogen-bond acceptors (Lipinski definition) is 2. The lowest BCUT2D eigenvalue weighted by atomic mass is 10.1. The predicted molar refractivity (Wildman–Crippen MR) is 72.0 cm³/mol. The minimum Gasteiger partial charge on any atom is -0.372 e. The lowest BCUT2D eigenvalue weighted by Crippen LogP contribution is -2.23. The van der Waals surface area contributed by atoms with Crippen molar-refractivity contribution in [1.29, 1.82) is 0 Å². The molecule has 0 amide bonds. The highest BCUT2D eigenvalue weighted by Gasteiger charge is 2.02. The van der Waals surface area contributed by atoms with Gasteiger partial charge in [-0.15, -0.1) is 0 Å². The van der Waals surface area contributed by atoms with Crippen LogP contribution >= 0.6 is 0 Å². The molecule has 2 heteroatoms. The average molecular weight is 220 g/mol. The summed E-state index contributed by atoms with van der Waals surface area (Å²) < 4.78 is 0. The van der Waals surface area contributed by atoms with Crippen molar-refractivity contribution in [1.82, 2.24) is 0 Å². The normalized spacial score (nSPS) is 10.4. The standard InChI is InChI=1S/C14H24N2/c1-3-5-12-16(4-2)14-8-6-13(7-9-14)10-11-15/h6-9H,3-5,10-12,15H2,1-2H3. The maximum absolute atomic E-state index is 5.54. The molecule has 0 radical (unpaired) electrons. The fraction of sp³-hybridized carbons (Fsp3) is 0.571. The van der Waals surface area contributed by atoms with E-state index in [1.54, 1.807) is 0 Å². The van der Waals surface area contributed by atoms with Crippen molar-refractivity contribution >= 4 is 5.69 Å². The Morgan fingerprint density at radius 1 is 1.12 bits per heavy atom. The second kappa shape index (κ2) is 7.29. The summed E-state index contributed by atoms with van der Waals surface area (Å²) in [6.07, 6.45) is 3.49. The molecule has 0 aliphatic rings. The maximum Gasteiger partial charge on any atom is 0.0366 e. The van der Waals surface area contributed by atoms with Gasteiger partial charge in [0.1, 0.15) is 0 Å². The molecule has 2 N–H and O–H groups in total. The lowest BCUT2D eigenvalue weighted by molar-refractivity contribution is 0.732. The van der Waals surface area contributed by atoms with Crippen LogP contribution in [0.3, 0.4) is 0 Å². The predicted octanol–water partition coefficient (Wildman–Crippen LogP) is 2.81. The maximum atomic E-state index is 5.54. The van der Waals surface area contributed by atoms with Gasteiger partial charge >= 0.3 is 0 Å². The van der Waals surface area contributed by atoms with Crippen LogP contribution in [0, 0.1) is 0 Å². The Morgan fingerprint density at radius 2 is 1.81 bits per heavy atom. The Labute approximate surface area is 99.5 Å². The van der Waals surface area contributed by atoms with E-state index in [9.17, 15) is 0 Å². The minimum absolute atomic E-state index is 0.729. The molecule has 0 bridgehead atoms. The quantitative estimate of drug-likeness (QED) is 0.765. The fourth-order valence-corrected chi connectivity index (χ4v) is 1.86. The molecule has 0 saturated carbocycles. The van der Waals surface area contributed by atoms with E-state index in [1.807, 2.05) is 0 Å². The highest BCUT2D eigenvalue weighted by atomic mass is 15.1. The highest BCUT2D eigenvalue weighted by Crippen LogP contribution is 2.16. The smallest absolute Gasteiger partial charge is 0.0366 e. The van der Waals surface area contributed by atoms with E-state index in [0.29, 0.717) is 0 Å². The summed E-state index contributed by atoms with van der Waals surface area (Å²) >= 11 is 0. The van der Waals surface area contributed by atoms with Crippen LogP contribution in [0.25, 0.3) is 0 Å². The molecule has 0 aliphatic heterocycles. The largest absolute Gasteiger partial charge is 0.372 e. The first-order valence-electron chi connectivity index (χ1n) is 6.35. The Morgan fingerprint density at radius 3 is 2.31 bits per heavy atom. The third-order valence-corrected chi connectivity index (χ3v) is 2.90. The zero-order valence-electron chi connectivity index (χ0n) is 10.6. The highest BCUT2D eigenvalue weighted by molar-refractivity contribution is 5.47. The molecule has 0 aromatic heterocycles. The molecule has 16 heavy (non-hydrogen) atoms. The third-order valence-electron chi connectivity index (χ3n) is 2.90. The van der Waals surface area contributed by atoms with Gasteiger partial charge in [0.05, 0.1) is 0 Å². The third kappa shape index (κ3) is 3.86. The number of unbranched alkanes of at least 4 members (excludes halogenated alkanes) is 1. The molecule has 1 rings (SSSR count). The Balaban J connectivity index is 2.62. The molecule has 0 saturated heterocycles. The van der Waals surface area contributed by atoms with Crippen molar-refractivity contribution in [2.75, 3.05) is 24.5 Å². The van der Waals surface area contributed by atoms with Crippen molar-refractivity contribution in [2.24, 2.45) is 5.73 Å². The second-order valence-electron chi connectivity index (χ2n) is 4.14.